The zero-order chi connectivity index (χ0) is 17.6. The maximum absolute atomic E-state index is 12.1. The van der Waals surface area contributed by atoms with Crippen LogP contribution in [-0.2, 0) is 11.2 Å². The number of aryl methyl sites for hydroxylation is 2. The zero-order valence-corrected chi connectivity index (χ0v) is 13.6. The molecule has 0 aliphatic carbocycles. The van der Waals surface area contributed by atoms with Gasteiger partial charge in [0.1, 0.15) is 12.3 Å². The number of nitriles is 1. The van der Waals surface area contributed by atoms with Gasteiger partial charge < -0.3 is 14.3 Å². The second-order valence-corrected chi connectivity index (χ2v) is 5.51. The molecule has 0 aliphatic rings. The molecule has 3 aromatic rings. The third-order valence-corrected chi connectivity index (χ3v) is 3.75. The smallest absolute Gasteiger partial charge is 0.227 e. The minimum absolute atomic E-state index is 0.150. The van der Waals surface area contributed by atoms with Gasteiger partial charge in [0, 0.05) is 12.8 Å². The van der Waals surface area contributed by atoms with Crippen molar-refractivity contribution in [3.05, 3.63) is 59.9 Å². The molecule has 0 fully saturated rings. The fourth-order valence-corrected chi connectivity index (χ4v) is 2.41. The van der Waals surface area contributed by atoms with Crippen molar-refractivity contribution in [3.8, 4) is 17.5 Å². The summed E-state index contributed by atoms with van der Waals surface area (Å²) in [5.41, 5.74) is 2.46. The second kappa shape index (κ2) is 7.45. The molecule has 1 atom stereocenters. The average molecular weight is 336 g/mol. The van der Waals surface area contributed by atoms with E-state index in [0.717, 1.165) is 11.1 Å². The largest absolute Gasteiger partial charge is 0.472 e. The second-order valence-electron chi connectivity index (χ2n) is 5.51. The Balaban J connectivity index is 1.58. The summed E-state index contributed by atoms with van der Waals surface area (Å²) in [6.45, 7) is 1.90. The van der Waals surface area contributed by atoms with E-state index in [2.05, 4.69) is 21.5 Å². The number of amides is 1. The molecule has 7 heteroatoms. The molecule has 1 aromatic carbocycles. The molecule has 0 aliphatic heterocycles. The zero-order valence-electron chi connectivity index (χ0n) is 13.6. The van der Waals surface area contributed by atoms with E-state index < -0.39 is 6.04 Å². The van der Waals surface area contributed by atoms with Crippen LogP contribution >= 0.6 is 0 Å². The van der Waals surface area contributed by atoms with Crippen LogP contribution in [-0.4, -0.2) is 16.0 Å². The Kier molecular flexibility index (Phi) is 4.90. The molecule has 1 amide bonds. The number of nitrogens with zero attached hydrogens (tertiary/aromatic N) is 3. The molecule has 0 radical (unpaired) electrons. The van der Waals surface area contributed by atoms with E-state index in [4.69, 9.17) is 8.94 Å². The molecule has 1 N–H and O–H groups in total. The van der Waals surface area contributed by atoms with Gasteiger partial charge in [-0.1, -0.05) is 29.4 Å². The minimum Gasteiger partial charge on any atom is -0.472 e. The Hall–Kier alpha value is -3.40. The first-order valence-corrected chi connectivity index (χ1v) is 7.77. The van der Waals surface area contributed by atoms with Gasteiger partial charge in [0.05, 0.1) is 17.9 Å². The first-order valence-electron chi connectivity index (χ1n) is 7.77. The van der Waals surface area contributed by atoms with Crippen molar-refractivity contribution < 1.29 is 13.7 Å². The Morgan fingerprint density at radius 3 is 2.92 bits per heavy atom. The van der Waals surface area contributed by atoms with Crippen molar-refractivity contribution in [2.75, 3.05) is 0 Å². The van der Waals surface area contributed by atoms with Crippen molar-refractivity contribution in [2.24, 2.45) is 0 Å². The molecule has 7 nitrogen and oxygen atoms in total. The van der Waals surface area contributed by atoms with Crippen LogP contribution in [0.5, 0.6) is 0 Å². The third kappa shape index (κ3) is 3.93. The van der Waals surface area contributed by atoms with Crippen LogP contribution in [0.4, 0.5) is 0 Å². The number of carbonyl (C=O) groups is 1. The first-order chi connectivity index (χ1) is 12.2. The molecule has 2 aromatic heterocycles. The molecule has 2 heterocycles. The summed E-state index contributed by atoms with van der Waals surface area (Å²) < 4.78 is 10.1. The average Bonchev–Trinajstić information content (AvgIpc) is 3.29. The molecule has 0 spiro atoms. The number of furan rings is 1. The lowest BCUT2D eigenvalue weighted by Crippen LogP contribution is -2.28. The number of rotatable bonds is 6. The Morgan fingerprint density at radius 1 is 1.36 bits per heavy atom. The van der Waals surface area contributed by atoms with E-state index in [-0.39, 0.29) is 12.3 Å². The maximum Gasteiger partial charge on any atom is 0.227 e. The summed E-state index contributed by atoms with van der Waals surface area (Å²) in [5.74, 6) is 0.521. The highest BCUT2D eigenvalue weighted by atomic mass is 16.5. The molecule has 0 bridgehead atoms. The number of hydrogen-bond donors (Lipinski definition) is 1. The SMILES string of the molecule is Cc1ccccc1[C@H](C#N)NC(=O)CCc1nc(-c2ccoc2)no1. The van der Waals surface area contributed by atoms with E-state index in [1.165, 1.54) is 12.5 Å². The van der Waals surface area contributed by atoms with Crippen LogP contribution in [0.15, 0.2) is 51.8 Å². The van der Waals surface area contributed by atoms with E-state index in [0.29, 0.717) is 23.7 Å². The highest BCUT2D eigenvalue weighted by Crippen LogP contribution is 2.18. The highest BCUT2D eigenvalue weighted by Gasteiger charge is 2.17. The van der Waals surface area contributed by atoms with Gasteiger partial charge in [-0.05, 0) is 24.1 Å². The molecular weight excluding hydrogens is 320 g/mol. The molecule has 3 rings (SSSR count). The number of carbonyl (C=O) groups excluding carboxylic acids is 1. The Labute approximate surface area is 144 Å². The summed E-state index contributed by atoms with van der Waals surface area (Å²) in [6.07, 6.45) is 3.48. The number of benzene rings is 1. The van der Waals surface area contributed by atoms with Gasteiger partial charge in [-0.25, -0.2) is 0 Å². The van der Waals surface area contributed by atoms with Crippen LogP contribution in [0.3, 0.4) is 0 Å². The maximum atomic E-state index is 12.1. The quantitative estimate of drug-likeness (QED) is 0.742. The van der Waals surface area contributed by atoms with Crippen LogP contribution in [0, 0.1) is 18.3 Å². The topological polar surface area (TPSA) is 105 Å². The molecule has 0 unspecified atom stereocenters. The number of hydrogen-bond acceptors (Lipinski definition) is 6. The van der Waals surface area contributed by atoms with E-state index in [1.807, 2.05) is 31.2 Å². The van der Waals surface area contributed by atoms with Gasteiger partial charge in [-0.2, -0.15) is 10.2 Å². The van der Waals surface area contributed by atoms with Crippen molar-refractivity contribution in [1.82, 2.24) is 15.5 Å². The normalized spacial score (nSPS) is 11.7. The van der Waals surface area contributed by atoms with E-state index >= 15 is 0 Å². The predicted molar refractivity (Wildman–Crippen MR) is 88.0 cm³/mol. The highest BCUT2D eigenvalue weighted by molar-refractivity contribution is 5.77. The fourth-order valence-electron chi connectivity index (χ4n) is 2.41. The van der Waals surface area contributed by atoms with Crippen LogP contribution < -0.4 is 5.32 Å². The van der Waals surface area contributed by atoms with Gasteiger partial charge in [0.25, 0.3) is 0 Å². The van der Waals surface area contributed by atoms with E-state index in [9.17, 15) is 10.1 Å². The Bertz CT molecular complexity index is 893. The van der Waals surface area contributed by atoms with Crippen LogP contribution in [0.25, 0.3) is 11.4 Å². The molecule has 0 saturated carbocycles. The van der Waals surface area contributed by atoms with Gasteiger partial charge in [0.15, 0.2) is 0 Å². The van der Waals surface area contributed by atoms with Crippen molar-refractivity contribution in [1.29, 1.82) is 5.26 Å². The summed E-state index contributed by atoms with van der Waals surface area (Å²) in [5, 5.41) is 15.9. The van der Waals surface area contributed by atoms with Gasteiger partial charge >= 0.3 is 0 Å². The number of nitrogens with one attached hydrogen (secondary N) is 1. The lowest BCUT2D eigenvalue weighted by atomic mass is 10.0. The lowest BCUT2D eigenvalue weighted by Gasteiger charge is -2.13. The standard InChI is InChI=1S/C18H16N4O3/c1-12-4-2-3-5-14(12)15(10-19)20-16(23)6-7-17-21-18(22-25-17)13-8-9-24-11-13/h2-5,8-9,11,15H,6-7H2,1H3,(H,20,23)/t15-/m0/s1. The summed E-state index contributed by atoms with van der Waals surface area (Å²) in [7, 11) is 0. The van der Waals surface area contributed by atoms with E-state index in [1.54, 1.807) is 6.07 Å². The summed E-state index contributed by atoms with van der Waals surface area (Å²) in [6, 6.07) is 10.6. The lowest BCUT2D eigenvalue weighted by molar-refractivity contribution is -0.121. The van der Waals surface area contributed by atoms with Gasteiger partial charge in [-0.3, -0.25) is 4.79 Å². The monoisotopic (exact) mass is 336 g/mol. The van der Waals surface area contributed by atoms with Gasteiger partial charge in [0.2, 0.25) is 17.6 Å². The van der Waals surface area contributed by atoms with Crippen LogP contribution in [0.1, 0.15) is 29.5 Å². The third-order valence-electron chi connectivity index (χ3n) is 3.75. The van der Waals surface area contributed by atoms with Crippen molar-refractivity contribution in [2.45, 2.75) is 25.8 Å². The predicted octanol–water partition coefficient (Wildman–Crippen LogP) is 2.95. The first kappa shape index (κ1) is 16.5. The minimum atomic E-state index is -0.683. The summed E-state index contributed by atoms with van der Waals surface area (Å²) >= 11 is 0. The summed E-state index contributed by atoms with van der Waals surface area (Å²) in [4.78, 5) is 16.4. The fraction of sp³-hybridized carbons (Fsp3) is 0.222. The van der Waals surface area contributed by atoms with Crippen molar-refractivity contribution in [3.63, 3.8) is 0 Å². The Morgan fingerprint density at radius 2 is 2.20 bits per heavy atom. The van der Waals surface area contributed by atoms with Crippen LogP contribution in [0.2, 0.25) is 0 Å². The molecule has 0 saturated heterocycles. The van der Waals surface area contributed by atoms with Gasteiger partial charge in [-0.15, -0.1) is 0 Å². The molecule has 126 valence electrons. The molecular formula is C18H16N4O3. The van der Waals surface area contributed by atoms with Crippen molar-refractivity contribution >= 4 is 5.91 Å². The number of aromatic nitrogens is 2. The molecule has 25 heavy (non-hydrogen) atoms.